The number of aliphatic hydroxyl groups is 1. The lowest BCUT2D eigenvalue weighted by Gasteiger charge is -2.31. The number of rotatable bonds is 14. The summed E-state index contributed by atoms with van der Waals surface area (Å²) >= 11 is 1.13. The average molecular weight is 667 g/mol. The van der Waals surface area contributed by atoms with Crippen molar-refractivity contribution in [1.82, 2.24) is 9.62 Å². The minimum absolute atomic E-state index is 0.0643. The van der Waals surface area contributed by atoms with Crippen LogP contribution in [0.4, 0.5) is 13.2 Å². The Morgan fingerprint density at radius 2 is 1.73 bits per heavy atom. The minimum atomic E-state index is -4.80. The number of nitrogens with zero attached hydrogens (tertiary/aromatic N) is 1. The number of fused-ring (bicyclic) bond motifs is 1. The molecule has 45 heavy (non-hydrogen) atoms. The van der Waals surface area contributed by atoms with Gasteiger partial charge in [0.1, 0.15) is 0 Å². The lowest BCUT2D eigenvalue weighted by atomic mass is 9.88. The van der Waals surface area contributed by atoms with Crippen LogP contribution in [0.25, 0.3) is 10.4 Å². The molecule has 0 fully saturated rings. The number of hydrogen-bond donors (Lipinski definition) is 3. The molecule has 4 rings (SSSR count). The van der Waals surface area contributed by atoms with Gasteiger partial charge in [0.25, 0.3) is 0 Å². The van der Waals surface area contributed by atoms with Crippen LogP contribution in [0.15, 0.2) is 59.5 Å². The van der Waals surface area contributed by atoms with Gasteiger partial charge in [0.2, 0.25) is 10.0 Å². The van der Waals surface area contributed by atoms with Crippen molar-refractivity contribution < 1.29 is 36.6 Å². The lowest BCUT2D eigenvalue weighted by molar-refractivity contribution is -0.141. The lowest BCUT2D eigenvalue weighted by Crippen LogP contribution is -2.47. The van der Waals surface area contributed by atoms with Crippen molar-refractivity contribution in [2.45, 2.75) is 75.6 Å². The van der Waals surface area contributed by atoms with Crippen molar-refractivity contribution in [1.29, 1.82) is 0 Å². The molecule has 3 aromatic rings. The number of aliphatic hydroxyl groups excluding tert-OH is 1. The van der Waals surface area contributed by atoms with Crippen molar-refractivity contribution in [3.05, 3.63) is 76.2 Å². The molecule has 1 heterocycles. The molecule has 246 valence electrons. The summed E-state index contributed by atoms with van der Waals surface area (Å²) in [5.74, 6) is -1.14. The first-order valence-electron chi connectivity index (χ1n) is 15.0. The van der Waals surface area contributed by atoms with Gasteiger partial charge in [-0.1, -0.05) is 31.2 Å². The number of carboxylic acids is 1. The van der Waals surface area contributed by atoms with E-state index in [0.29, 0.717) is 28.2 Å². The first-order chi connectivity index (χ1) is 21.0. The smallest absolute Gasteiger partial charge is 0.416 e. The maximum absolute atomic E-state index is 13.9. The molecule has 2 atom stereocenters. The number of nitrogens with one attached hydrogen (secondary N) is 1. The van der Waals surface area contributed by atoms with Crippen LogP contribution in [0, 0.1) is 11.8 Å². The van der Waals surface area contributed by atoms with E-state index in [0.717, 1.165) is 41.0 Å². The van der Waals surface area contributed by atoms with E-state index < -0.39 is 44.6 Å². The van der Waals surface area contributed by atoms with Gasteiger partial charge in [-0.15, -0.1) is 11.3 Å². The number of carbonyl (C=O) groups is 1. The summed E-state index contributed by atoms with van der Waals surface area (Å²) in [5.41, 5.74) is 1.32. The first-order valence-corrected chi connectivity index (χ1v) is 17.2. The standard InChI is InChI=1S/C33H41F3N2O5S2/c1-5-22(31(40)41)15-28-10-11-30(44-28)25-14-26(33(34,35)36)17-29(16-25)45(42,43)38(4)20-27(39)19-37-32(2,3)18-21-12-23-8-6-7-9-24(23)13-21/h6-11,14,16-17,21-22,27,37,39H,5,12-13,15,18-20H2,1-4H3,(H,40,41)/t22-,27?/m1/s1. The molecule has 0 bridgehead atoms. The van der Waals surface area contributed by atoms with E-state index in [-0.39, 0.29) is 30.6 Å². The van der Waals surface area contributed by atoms with Crippen LogP contribution in [0.1, 0.15) is 55.2 Å². The molecule has 0 saturated heterocycles. The number of thiophene rings is 1. The Morgan fingerprint density at radius 3 is 2.31 bits per heavy atom. The van der Waals surface area contributed by atoms with Crippen LogP contribution in [-0.4, -0.2) is 60.7 Å². The third-order valence-electron chi connectivity index (χ3n) is 8.40. The third kappa shape index (κ3) is 8.94. The number of carboxylic acid groups (broad SMARTS) is 1. The second-order valence-corrected chi connectivity index (χ2v) is 15.8. The highest BCUT2D eigenvalue weighted by Crippen LogP contribution is 2.38. The van der Waals surface area contributed by atoms with Crippen LogP contribution in [0.3, 0.4) is 0 Å². The fourth-order valence-corrected chi connectivity index (χ4v) is 8.32. The summed E-state index contributed by atoms with van der Waals surface area (Å²) in [6.07, 6.45) is -2.46. The highest BCUT2D eigenvalue weighted by Gasteiger charge is 2.34. The number of aliphatic carboxylic acids is 1. The monoisotopic (exact) mass is 666 g/mol. The van der Waals surface area contributed by atoms with Crippen LogP contribution < -0.4 is 5.32 Å². The first kappa shape index (κ1) is 35.1. The van der Waals surface area contributed by atoms with Gasteiger partial charge in [0.15, 0.2) is 0 Å². The SMILES string of the molecule is CC[C@H](Cc1ccc(-c2cc(C(F)(F)F)cc(S(=O)(=O)N(C)CC(O)CNC(C)(C)CC3Cc4ccccc4C3)c2)s1)C(=O)O. The van der Waals surface area contributed by atoms with Gasteiger partial charge < -0.3 is 15.5 Å². The number of β-amino-alcohol motifs (C(OH)–C–C–N with tert-alkyl or cyclic N) is 1. The third-order valence-corrected chi connectivity index (χ3v) is 11.4. The summed E-state index contributed by atoms with van der Waals surface area (Å²) in [6.45, 7) is 5.61. The average Bonchev–Trinajstić information content (AvgIpc) is 3.60. The fraction of sp³-hybridized carbons (Fsp3) is 0.485. The highest BCUT2D eigenvalue weighted by molar-refractivity contribution is 7.89. The normalized spacial score (nSPS) is 15.8. The van der Waals surface area contributed by atoms with Crippen molar-refractivity contribution in [2.24, 2.45) is 11.8 Å². The summed E-state index contributed by atoms with van der Waals surface area (Å²) < 4.78 is 69.5. The Kier molecular flexibility index (Phi) is 10.9. The van der Waals surface area contributed by atoms with E-state index in [2.05, 4.69) is 17.4 Å². The van der Waals surface area contributed by atoms with E-state index in [1.165, 1.54) is 24.2 Å². The molecule has 0 radical (unpaired) electrons. The molecule has 12 heteroatoms. The van der Waals surface area contributed by atoms with Crippen molar-refractivity contribution in [3.8, 4) is 10.4 Å². The number of alkyl halides is 3. The van der Waals surface area contributed by atoms with Gasteiger partial charge in [-0.2, -0.15) is 17.5 Å². The summed E-state index contributed by atoms with van der Waals surface area (Å²) in [4.78, 5) is 12.0. The van der Waals surface area contributed by atoms with Gasteiger partial charge >= 0.3 is 12.1 Å². The zero-order chi connectivity index (χ0) is 33.2. The Bertz CT molecular complexity index is 1580. The zero-order valence-electron chi connectivity index (χ0n) is 25.9. The molecule has 7 nitrogen and oxygen atoms in total. The molecule has 0 aliphatic heterocycles. The van der Waals surface area contributed by atoms with E-state index in [1.54, 1.807) is 19.1 Å². The molecule has 1 aromatic heterocycles. The van der Waals surface area contributed by atoms with E-state index in [9.17, 15) is 36.6 Å². The van der Waals surface area contributed by atoms with Crippen molar-refractivity contribution in [2.75, 3.05) is 20.1 Å². The molecule has 2 aromatic carbocycles. The van der Waals surface area contributed by atoms with E-state index in [4.69, 9.17) is 0 Å². The molecule has 0 saturated carbocycles. The predicted molar refractivity (Wildman–Crippen MR) is 170 cm³/mol. The maximum atomic E-state index is 13.9. The van der Waals surface area contributed by atoms with E-state index >= 15 is 0 Å². The highest BCUT2D eigenvalue weighted by atomic mass is 32.2. The Morgan fingerprint density at radius 1 is 1.09 bits per heavy atom. The molecule has 1 unspecified atom stereocenters. The Labute approximate surface area is 267 Å². The van der Waals surface area contributed by atoms with Crippen LogP contribution in [-0.2, 0) is 40.3 Å². The number of benzene rings is 2. The Balaban J connectivity index is 1.44. The zero-order valence-corrected chi connectivity index (χ0v) is 27.5. The Hall–Kier alpha value is -2.77. The van der Waals surface area contributed by atoms with Crippen molar-refractivity contribution in [3.63, 3.8) is 0 Å². The summed E-state index contributed by atoms with van der Waals surface area (Å²) in [6, 6.07) is 14.3. The molecule has 1 aliphatic carbocycles. The molecule has 0 spiro atoms. The summed E-state index contributed by atoms with van der Waals surface area (Å²) in [5, 5.41) is 23.5. The second-order valence-electron chi connectivity index (χ2n) is 12.6. The van der Waals surface area contributed by atoms with Gasteiger partial charge in [-0.3, -0.25) is 4.79 Å². The van der Waals surface area contributed by atoms with Gasteiger partial charge in [0.05, 0.1) is 22.5 Å². The quantitative estimate of drug-likeness (QED) is 0.188. The molecular weight excluding hydrogens is 626 g/mol. The fourth-order valence-electron chi connectivity index (χ4n) is 5.97. The predicted octanol–water partition coefficient (Wildman–Crippen LogP) is 6.24. The van der Waals surface area contributed by atoms with Crippen LogP contribution in [0.5, 0.6) is 0 Å². The van der Waals surface area contributed by atoms with Gasteiger partial charge in [0, 0.05) is 35.4 Å². The topological polar surface area (TPSA) is 107 Å². The number of hydrogen-bond acceptors (Lipinski definition) is 6. The van der Waals surface area contributed by atoms with Crippen LogP contribution in [0.2, 0.25) is 0 Å². The number of likely N-dealkylation sites (N-methyl/N-ethyl adjacent to an activating group) is 1. The number of halogens is 3. The molecule has 0 amide bonds. The maximum Gasteiger partial charge on any atom is 0.416 e. The molecular formula is C33H41F3N2O5S2. The van der Waals surface area contributed by atoms with Crippen LogP contribution >= 0.6 is 11.3 Å². The van der Waals surface area contributed by atoms with E-state index in [1.807, 2.05) is 26.0 Å². The van der Waals surface area contributed by atoms with Gasteiger partial charge in [-0.05, 0) is 98.9 Å². The molecule has 1 aliphatic rings. The number of sulfonamides is 1. The largest absolute Gasteiger partial charge is 0.481 e. The molecule has 3 N–H and O–H groups in total. The minimum Gasteiger partial charge on any atom is -0.481 e. The second kappa shape index (κ2) is 13.9. The summed E-state index contributed by atoms with van der Waals surface area (Å²) in [7, 11) is -3.17. The van der Waals surface area contributed by atoms with Crippen molar-refractivity contribution >= 4 is 27.3 Å². The van der Waals surface area contributed by atoms with Gasteiger partial charge in [-0.25, -0.2) is 8.42 Å².